The molecule has 2 N–H and O–H groups in total. The van der Waals surface area contributed by atoms with Gasteiger partial charge in [0, 0.05) is 13.0 Å². The van der Waals surface area contributed by atoms with E-state index in [1.165, 1.54) is 27.5 Å². The Kier molecular flexibility index (Phi) is 9.03. The molecule has 0 fully saturated rings. The zero-order valence-corrected chi connectivity index (χ0v) is 17.1. The average Bonchev–Trinajstić information content (AvgIpc) is 2.75. The minimum atomic E-state index is 0.417. The second-order valence-corrected chi connectivity index (χ2v) is 6.78. The van der Waals surface area contributed by atoms with Crippen molar-refractivity contribution < 1.29 is 0 Å². The largest absolute Gasteiger partial charge is 0.394 e. The zero-order chi connectivity index (χ0) is 20.2. The van der Waals surface area contributed by atoms with Crippen LogP contribution < -0.4 is 10.6 Å². The van der Waals surface area contributed by atoms with Gasteiger partial charge in [-0.3, -0.25) is 0 Å². The van der Waals surface area contributed by atoms with Crippen LogP contribution in [0.4, 0.5) is 0 Å². The van der Waals surface area contributed by atoms with Crippen LogP contribution in [0.25, 0.3) is 10.8 Å². The fourth-order valence-electron chi connectivity index (χ4n) is 3.29. The monoisotopic (exact) mass is 372 g/mol. The lowest BCUT2D eigenvalue weighted by Gasteiger charge is -2.19. The summed E-state index contributed by atoms with van der Waals surface area (Å²) in [6.45, 7) is 8.20. The molecule has 0 heterocycles. The molecule has 2 heteroatoms. The molecule has 3 aromatic carbocycles. The van der Waals surface area contributed by atoms with Gasteiger partial charge >= 0.3 is 0 Å². The van der Waals surface area contributed by atoms with E-state index in [1.54, 1.807) is 6.20 Å². The lowest BCUT2D eigenvalue weighted by molar-refractivity contribution is 0.662. The second-order valence-electron chi connectivity index (χ2n) is 6.78. The molecule has 0 saturated carbocycles. The quantitative estimate of drug-likeness (QED) is 0.499. The molecule has 0 aromatic heterocycles. The fourth-order valence-corrected chi connectivity index (χ4v) is 3.29. The molecule has 0 radical (unpaired) electrons. The standard InChI is InChI=1S/C23H25N.C3H7N/c1-3-6-18-9-11-20(12-10-18)23(15-16-24-2)22-14-13-19-7-4-5-8-21(19)17-22;1-3-4-2/h3-5,7-14,17,23-24H,1,6,15-16H2,2H3;3-4H,1H2,2H3. The highest BCUT2D eigenvalue weighted by molar-refractivity contribution is 5.83. The van der Waals surface area contributed by atoms with Crippen molar-refractivity contribution in [3.63, 3.8) is 0 Å². The maximum absolute atomic E-state index is 3.82. The molecule has 2 nitrogen and oxygen atoms in total. The Morgan fingerprint density at radius 1 is 0.857 bits per heavy atom. The third kappa shape index (κ3) is 6.11. The van der Waals surface area contributed by atoms with Crippen molar-refractivity contribution in [1.29, 1.82) is 0 Å². The van der Waals surface area contributed by atoms with E-state index < -0.39 is 0 Å². The molecule has 1 unspecified atom stereocenters. The summed E-state index contributed by atoms with van der Waals surface area (Å²) < 4.78 is 0. The Morgan fingerprint density at radius 3 is 2.11 bits per heavy atom. The summed E-state index contributed by atoms with van der Waals surface area (Å²) in [5, 5.41) is 8.60. The fraction of sp³-hybridized carbons (Fsp3) is 0.231. The third-order valence-electron chi connectivity index (χ3n) is 4.83. The summed E-state index contributed by atoms with van der Waals surface area (Å²) >= 11 is 0. The lowest BCUT2D eigenvalue weighted by Crippen LogP contribution is -2.13. The number of benzene rings is 3. The van der Waals surface area contributed by atoms with Crippen LogP contribution in [0.3, 0.4) is 0 Å². The highest BCUT2D eigenvalue weighted by atomic mass is 14.8. The van der Waals surface area contributed by atoms with Crippen molar-refractivity contribution in [2.45, 2.75) is 18.8 Å². The van der Waals surface area contributed by atoms with Gasteiger partial charge in [0.2, 0.25) is 0 Å². The topological polar surface area (TPSA) is 24.1 Å². The SMILES string of the molecule is C=CCc1ccc(C(CCNC)c2ccc3ccccc3c2)cc1.C=CNC. The van der Waals surface area contributed by atoms with E-state index in [4.69, 9.17) is 0 Å². The second kappa shape index (κ2) is 11.8. The first-order valence-electron chi connectivity index (χ1n) is 9.84. The first-order valence-corrected chi connectivity index (χ1v) is 9.84. The molecule has 3 rings (SSSR count). The first kappa shape index (κ1) is 21.5. The molecular weight excluding hydrogens is 340 g/mol. The Bertz CT molecular complexity index is 865. The number of allylic oxidation sites excluding steroid dienone is 1. The van der Waals surface area contributed by atoms with Gasteiger partial charge in [-0.25, -0.2) is 0 Å². The van der Waals surface area contributed by atoms with Crippen LogP contribution in [0.5, 0.6) is 0 Å². The molecule has 3 aromatic rings. The summed E-state index contributed by atoms with van der Waals surface area (Å²) in [7, 11) is 3.83. The third-order valence-corrected chi connectivity index (χ3v) is 4.83. The molecule has 0 aliphatic rings. The van der Waals surface area contributed by atoms with E-state index in [-0.39, 0.29) is 0 Å². The number of hydrogen-bond donors (Lipinski definition) is 2. The van der Waals surface area contributed by atoms with Crippen molar-refractivity contribution in [3.05, 3.63) is 109 Å². The van der Waals surface area contributed by atoms with Gasteiger partial charge in [-0.1, -0.05) is 79.4 Å². The van der Waals surface area contributed by atoms with Gasteiger partial charge in [0.05, 0.1) is 0 Å². The minimum Gasteiger partial charge on any atom is -0.394 e. The summed E-state index contributed by atoms with van der Waals surface area (Å²) in [6, 6.07) is 24.4. The van der Waals surface area contributed by atoms with Crippen LogP contribution in [-0.4, -0.2) is 20.6 Å². The molecular formula is C26H32N2. The van der Waals surface area contributed by atoms with Gasteiger partial charge in [0.1, 0.15) is 0 Å². The smallest absolute Gasteiger partial charge is 0.0102 e. The van der Waals surface area contributed by atoms with Crippen molar-refractivity contribution >= 4 is 10.8 Å². The van der Waals surface area contributed by atoms with Crippen LogP contribution >= 0.6 is 0 Å². The van der Waals surface area contributed by atoms with E-state index >= 15 is 0 Å². The molecule has 0 saturated heterocycles. The molecule has 1 atom stereocenters. The van der Waals surface area contributed by atoms with Crippen molar-refractivity contribution in [1.82, 2.24) is 10.6 Å². The molecule has 0 aliphatic carbocycles. The van der Waals surface area contributed by atoms with Gasteiger partial charge in [0.25, 0.3) is 0 Å². The predicted octanol–water partition coefficient (Wildman–Crippen LogP) is 5.66. The van der Waals surface area contributed by atoms with Gasteiger partial charge in [-0.05, 0) is 60.1 Å². The number of rotatable bonds is 8. The molecule has 0 bridgehead atoms. The Hall–Kier alpha value is -2.84. The molecule has 146 valence electrons. The summed E-state index contributed by atoms with van der Waals surface area (Å²) in [4.78, 5) is 0. The van der Waals surface area contributed by atoms with Gasteiger partial charge in [-0.15, -0.1) is 6.58 Å². The van der Waals surface area contributed by atoms with Gasteiger partial charge in [0.15, 0.2) is 0 Å². The van der Waals surface area contributed by atoms with E-state index in [2.05, 4.69) is 90.5 Å². The molecule has 0 spiro atoms. The maximum Gasteiger partial charge on any atom is 0.0102 e. The van der Waals surface area contributed by atoms with Crippen LogP contribution in [0, 0.1) is 0 Å². The van der Waals surface area contributed by atoms with Crippen molar-refractivity contribution in [3.8, 4) is 0 Å². The van der Waals surface area contributed by atoms with Gasteiger partial charge in [-0.2, -0.15) is 0 Å². The Balaban J connectivity index is 0.000000640. The summed E-state index contributed by atoms with van der Waals surface area (Å²) in [6.07, 6.45) is 5.60. The van der Waals surface area contributed by atoms with Crippen molar-refractivity contribution in [2.24, 2.45) is 0 Å². The highest BCUT2D eigenvalue weighted by Crippen LogP contribution is 2.30. The summed E-state index contributed by atoms with van der Waals surface area (Å²) in [5.41, 5.74) is 4.09. The van der Waals surface area contributed by atoms with E-state index in [1.807, 2.05) is 20.2 Å². The van der Waals surface area contributed by atoms with E-state index in [0.29, 0.717) is 5.92 Å². The maximum atomic E-state index is 3.82. The first-order chi connectivity index (χ1) is 13.7. The van der Waals surface area contributed by atoms with Crippen LogP contribution in [0.2, 0.25) is 0 Å². The number of fused-ring (bicyclic) bond motifs is 1. The van der Waals surface area contributed by atoms with Crippen LogP contribution in [0.15, 0.2) is 92.2 Å². The zero-order valence-electron chi connectivity index (χ0n) is 17.1. The Morgan fingerprint density at radius 2 is 1.50 bits per heavy atom. The minimum absolute atomic E-state index is 0.417. The average molecular weight is 373 g/mol. The molecule has 28 heavy (non-hydrogen) atoms. The van der Waals surface area contributed by atoms with Crippen LogP contribution in [-0.2, 0) is 6.42 Å². The van der Waals surface area contributed by atoms with E-state index in [9.17, 15) is 0 Å². The number of nitrogens with one attached hydrogen (secondary N) is 2. The van der Waals surface area contributed by atoms with E-state index in [0.717, 1.165) is 19.4 Å². The van der Waals surface area contributed by atoms with Gasteiger partial charge < -0.3 is 10.6 Å². The molecule has 0 aliphatic heterocycles. The summed E-state index contributed by atoms with van der Waals surface area (Å²) in [5.74, 6) is 0.417. The Labute approximate surface area is 170 Å². The number of hydrogen-bond acceptors (Lipinski definition) is 2. The van der Waals surface area contributed by atoms with Crippen LogP contribution in [0.1, 0.15) is 29.0 Å². The normalized spacial score (nSPS) is 11.2. The lowest BCUT2D eigenvalue weighted by atomic mass is 9.87. The highest BCUT2D eigenvalue weighted by Gasteiger charge is 2.14. The van der Waals surface area contributed by atoms with Crippen molar-refractivity contribution in [2.75, 3.05) is 20.6 Å². The predicted molar refractivity (Wildman–Crippen MR) is 124 cm³/mol. The molecule has 0 amide bonds.